The minimum atomic E-state index is 0.523. The lowest BCUT2D eigenvalue weighted by Crippen LogP contribution is -2.02. The summed E-state index contributed by atoms with van der Waals surface area (Å²) >= 11 is 6.52. The average Bonchev–Trinajstić information content (AvgIpc) is 2.73. The number of aryl methyl sites for hydroxylation is 3. The Morgan fingerprint density at radius 2 is 1.82 bits per heavy atom. The number of nitrogens with zero attached hydrogens (tertiary/aromatic N) is 2. The molecule has 0 saturated carbocycles. The normalized spacial score (nSPS) is 10.9. The van der Waals surface area contributed by atoms with Gasteiger partial charge in [-0.25, -0.2) is 0 Å². The van der Waals surface area contributed by atoms with Crippen LogP contribution in [0.2, 0.25) is 5.15 Å². The second-order valence-corrected chi connectivity index (χ2v) is 6.13. The summed E-state index contributed by atoms with van der Waals surface area (Å²) < 4.78 is 2.05. The number of halogens is 1. The average molecular weight is 309 g/mol. The van der Waals surface area contributed by atoms with Crippen molar-refractivity contribution in [2.45, 2.75) is 27.3 Å². The summed E-state index contributed by atoms with van der Waals surface area (Å²) in [6.45, 7) is 6.88. The Morgan fingerprint density at radius 3 is 2.50 bits per heavy atom. The standard InChI is InChI=1S/C19H17ClN2/c1-12-8-14(3)18-16(9-12)17(10-21)19(20)22(18)11-15-7-5-4-6-13(15)2/h4-9H,11H2,1-3H3. The van der Waals surface area contributed by atoms with E-state index in [0.29, 0.717) is 17.3 Å². The van der Waals surface area contributed by atoms with E-state index in [2.05, 4.69) is 38.1 Å². The molecule has 0 amide bonds. The Morgan fingerprint density at radius 1 is 1.09 bits per heavy atom. The Labute approximate surface area is 135 Å². The number of fused-ring (bicyclic) bond motifs is 1. The van der Waals surface area contributed by atoms with Gasteiger partial charge in [0.05, 0.1) is 11.1 Å². The maximum atomic E-state index is 9.48. The van der Waals surface area contributed by atoms with E-state index in [1.54, 1.807) is 0 Å². The molecule has 1 heterocycles. The van der Waals surface area contributed by atoms with Gasteiger partial charge in [0.15, 0.2) is 0 Å². The molecular weight excluding hydrogens is 292 g/mol. The van der Waals surface area contributed by atoms with Crippen LogP contribution in [0.1, 0.15) is 27.8 Å². The van der Waals surface area contributed by atoms with Crippen LogP contribution in [0, 0.1) is 32.1 Å². The SMILES string of the molecule is Cc1cc(C)c2c(c1)c(C#N)c(Cl)n2Cc1ccccc1C. The Hall–Kier alpha value is -2.24. The highest BCUT2D eigenvalue weighted by atomic mass is 35.5. The summed E-state index contributed by atoms with van der Waals surface area (Å²) in [7, 11) is 0. The molecule has 0 aliphatic rings. The molecule has 0 bridgehead atoms. The molecule has 0 N–H and O–H groups in total. The first kappa shape index (κ1) is 14.7. The van der Waals surface area contributed by atoms with Crippen LogP contribution in [-0.4, -0.2) is 4.57 Å². The number of rotatable bonds is 2. The quantitative estimate of drug-likeness (QED) is 0.644. The van der Waals surface area contributed by atoms with E-state index in [-0.39, 0.29) is 0 Å². The zero-order valence-electron chi connectivity index (χ0n) is 12.9. The lowest BCUT2D eigenvalue weighted by molar-refractivity contribution is 0.828. The number of hydrogen-bond acceptors (Lipinski definition) is 1. The van der Waals surface area contributed by atoms with Crippen LogP contribution in [0.4, 0.5) is 0 Å². The fourth-order valence-corrected chi connectivity index (χ4v) is 3.35. The van der Waals surface area contributed by atoms with Crippen LogP contribution in [0.3, 0.4) is 0 Å². The molecular formula is C19H17ClN2. The second kappa shape index (κ2) is 5.51. The molecule has 0 fully saturated rings. The predicted molar refractivity (Wildman–Crippen MR) is 91.4 cm³/mol. The van der Waals surface area contributed by atoms with Crippen LogP contribution in [0.5, 0.6) is 0 Å². The smallest absolute Gasteiger partial charge is 0.128 e. The predicted octanol–water partition coefficient (Wildman–Crippen LogP) is 5.14. The number of hydrogen-bond donors (Lipinski definition) is 0. The molecule has 3 heteroatoms. The monoisotopic (exact) mass is 308 g/mol. The lowest BCUT2D eigenvalue weighted by Gasteiger charge is -2.11. The molecule has 2 nitrogen and oxygen atoms in total. The summed E-state index contributed by atoms with van der Waals surface area (Å²) in [4.78, 5) is 0. The molecule has 0 radical (unpaired) electrons. The van der Waals surface area contributed by atoms with Crippen LogP contribution >= 0.6 is 11.6 Å². The van der Waals surface area contributed by atoms with Crippen molar-refractivity contribution in [3.63, 3.8) is 0 Å². The minimum Gasteiger partial charge on any atom is -0.326 e. The van der Waals surface area contributed by atoms with E-state index in [9.17, 15) is 5.26 Å². The Kier molecular flexibility index (Phi) is 3.68. The van der Waals surface area contributed by atoms with E-state index in [0.717, 1.165) is 22.0 Å². The molecule has 0 aliphatic carbocycles. The maximum Gasteiger partial charge on any atom is 0.128 e. The molecule has 3 rings (SSSR count). The van der Waals surface area contributed by atoms with Gasteiger partial charge in [-0.1, -0.05) is 47.5 Å². The van der Waals surface area contributed by atoms with E-state index in [1.807, 2.05) is 29.7 Å². The molecule has 0 unspecified atom stereocenters. The maximum absolute atomic E-state index is 9.48. The molecule has 110 valence electrons. The van der Waals surface area contributed by atoms with Crippen molar-refractivity contribution >= 4 is 22.5 Å². The lowest BCUT2D eigenvalue weighted by atomic mass is 10.1. The van der Waals surface area contributed by atoms with Crippen molar-refractivity contribution in [2.75, 3.05) is 0 Å². The van der Waals surface area contributed by atoms with E-state index in [1.165, 1.54) is 11.1 Å². The second-order valence-electron chi connectivity index (χ2n) is 5.77. The molecule has 3 aromatic rings. The number of nitriles is 1. The summed E-state index contributed by atoms with van der Waals surface area (Å²) in [6, 6.07) is 14.7. The van der Waals surface area contributed by atoms with E-state index in [4.69, 9.17) is 11.6 Å². The van der Waals surface area contributed by atoms with Gasteiger partial charge in [0.2, 0.25) is 0 Å². The van der Waals surface area contributed by atoms with Crippen molar-refractivity contribution in [3.8, 4) is 6.07 Å². The topological polar surface area (TPSA) is 28.7 Å². The first-order valence-corrected chi connectivity index (χ1v) is 7.64. The third-order valence-corrected chi connectivity index (χ3v) is 4.52. The van der Waals surface area contributed by atoms with Gasteiger partial charge < -0.3 is 4.57 Å². The highest BCUT2D eigenvalue weighted by molar-refractivity contribution is 6.32. The zero-order chi connectivity index (χ0) is 15.9. The van der Waals surface area contributed by atoms with Gasteiger partial charge in [-0.3, -0.25) is 0 Å². The van der Waals surface area contributed by atoms with Gasteiger partial charge in [-0.05, 0) is 43.5 Å². The van der Waals surface area contributed by atoms with Crippen molar-refractivity contribution < 1.29 is 0 Å². The largest absolute Gasteiger partial charge is 0.326 e. The summed E-state index contributed by atoms with van der Waals surface area (Å²) in [5.74, 6) is 0. The summed E-state index contributed by atoms with van der Waals surface area (Å²) in [5, 5.41) is 11.0. The van der Waals surface area contributed by atoms with Crippen molar-refractivity contribution in [1.82, 2.24) is 4.57 Å². The highest BCUT2D eigenvalue weighted by Crippen LogP contribution is 2.33. The van der Waals surface area contributed by atoms with E-state index >= 15 is 0 Å². The van der Waals surface area contributed by atoms with Crippen LogP contribution in [-0.2, 0) is 6.54 Å². The van der Waals surface area contributed by atoms with Gasteiger partial charge in [-0.2, -0.15) is 5.26 Å². The van der Waals surface area contributed by atoms with Crippen LogP contribution in [0.15, 0.2) is 36.4 Å². The Bertz CT molecular complexity index is 913. The molecule has 0 spiro atoms. The van der Waals surface area contributed by atoms with Gasteiger partial charge in [-0.15, -0.1) is 0 Å². The molecule has 2 aromatic carbocycles. The first-order valence-electron chi connectivity index (χ1n) is 7.26. The number of aromatic nitrogens is 1. The third-order valence-electron chi connectivity index (χ3n) is 4.13. The third kappa shape index (κ3) is 2.28. The highest BCUT2D eigenvalue weighted by Gasteiger charge is 2.18. The molecule has 0 atom stereocenters. The molecule has 0 saturated heterocycles. The fourth-order valence-electron chi connectivity index (χ4n) is 3.07. The molecule has 22 heavy (non-hydrogen) atoms. The van der Waals surface area contributed by atoms with Crippen LogP contribution in [0.25, 0.3) is 10.9 Å². The molecule has 1 aromatic heterocycles. The van der Waals surface area contributed by atoms with E-state index < -0.39 is 0 Å². The summed E-state index contributed by atoms with van der Waals surface area (Å²) in [5.41, 5.74) is 6.35. The minimum absolute atomic E-state index is 0.523. The van der Waals surface area contributed by atoms with Crippen LogP contribution < -0.4 is 0 Å². The van der Waals surface area contributed by atoms with Crippen molar-refractivity contribution in [1.29, 1.82) is 5.26 Å². The molecule has 0 aliphatic heterocycles. The van der Waals surface area contributed by atoms with Crippen molar-refractivity contribution in [3.05, 3.63) is 69.4 Å². The zero-order valence-corrected chi connectivity index (χ0v) is 13.7. The first-order chi connectivity index (χ1) is 10.5. The van der Waals surface area contributed by atoms with Crippen molar-refractivity contribution in [2.24, 2.45) is 0 Å². The van der Waals surface area contributed by atoms with Gasteiger partial charge in [0, 0.05) is 11.9 Å². The summed E-state index contributed by atoms with van der Waals surface area (Å²) in [6.07, 6.45) is 0. The van der Waals surface area contributed by atoms with Gasteiger partial charge >= 0.3 is 0 Å². The fraction of sp³-hybridized carbons (Fsp3) is 0.211. The van der Waals surface area contributed by atoms with Gasteiger partial charge in [0.25, 0.3) is 0 Å². The number of benzene rings is 2. The Balaban J connectivity index is 2.28. The van der Waals surface area contributed by atoms with Gasteiger partial charge in [0.1, 0.15) is 11.2 Å².